The van der Waals surface area contributed by atoms with Crippen molar-refractivity contribution in [1.82, 2.24) is 10.3 Å². The molecule has 0 aromatic carbocycles. The second kappa shape index (κ2) is 5.64. The van der Waals surface area contributed by atoms with Crippen LogP contribution in [-0.4, -0.2) is 12.0 Å². The van der Waals surface area contributed by atoms with Gasteiger partial charge in [-0.05, 0) is 31.2 Å². The van der Waals surface area contributed by atoms with E-state index in [0.717, 1.165) is 18.6 Å². The summed E-state index contributed by atoms with van der Waals surface area (Å²) in [6.07, 6.45) is 7.33. The predicted molar refractivity (Wildman–Crippen MR) is 67.8 cm³/mol. The first-order chi connectivity index (χ1) is 8.35. The Morgan fingerprint density at radius 3 is 2.94 bits per heavy atom. The summed E-state index contributed by atoms with van der Waals surface area (Å²) in [6, 6.07) is 6.41. The Morgan fingerprint density at radius 1 is 1.41 bits per heavy atom. The number of pyridine rings is 1. The number of nitrogens with zero attached hydrogens (tertiary/aromatic N) is 1. The lowest BCUT2D eigenvalue weighted by Gasteiger charge is -2.15. The minimum atomic E-state index is 0.285. The molecular formula is C14H18N2O. The summed E-state index contributed by atoms with van der Waals surface area (Å²) < 4.78 is 5.48. The zero-order chi connectivity index (χ0) is 12.1. The first kappa shape index (κ1) is 11.9. The second-order valence-electron chi connectivity index (χ2n) is 4.06. The molecule has 0 saturated heterocycles. The molecule has 2 aromatic rings. The minimum absolute atomic E-state index is 0.285. The smallest absolute Gasteiger partial charge is 0.108 e. The standard InChI is InChI=1S/C14H18N2O/c1-3-14-12(6-8-17-14)13(15-2)9-11-5-4-7-16-10-11/h4-8,10,13,15H,3,9H2,1-2H3. The van der Waals surface area contributed by atoms with Crippen LogP contribution < -0.4 is 5.32 Å². The number of hydrogen-bond acceptors (Lipinski definition) is 3. The van der Waals surface area contributed by atoms with E-state index < -0.39 is 0 Å². The van der Waals surface area contributed by atoms with Crippen molar-refractivity contribution in [1.29, 1.82) is 0 Å². The maximum absolute atomic E-state index is 5.48. The highest BCUT2D eigenvalue weighted by molar-refractivity contribution is 5.24. The molecule has 0 saturated carbocycles. The third-order valence-corrected chi connectivity index (χ3v) is 2.99. The van der Waals surface area contributed by atoms with E-state index in [2.05, 4.69) is 29.4 Å². The fourth-order valence-electron chi connectivity index (χ4n) is 2.07. The van der Waals surface area contributed by atoms with Crippen molar-refractivity contribution < 1.29 is 4.42 Å². The van der Waals surface area contributed by atoms with Crippen LogP contribution in [0.3, 0.4) is 0 Å². The summed E-state index contributed by atoms with van der Waals surface area (Å²) in [7, 11) is 1.98. The van der Waals surface area contributed by atoms with Gasteiger partial charge in [-0.25, -0.2) is 0 Å². The normalized spacial score (nSPS) is 12.6. The number of hydrogen-bond donors (Lipinski definition) is 1. The molecule has 0 aliphatic carbocycles. The maximum Gasteiger partial charge on any atom is 0.108 e. The highest BCUT2D eigenvalue weighted by Crippen LogP contribution is 2.23. The molecular weight excluding hydrogens is 212 g/mol. The molecule has 1 unspecified atom stereocenters. The van der Waals surface area contributed by atoms with Crippen LogP contribution in [-0.2, 0) is 12.8 Å². The first-order valence-corrected chi connectivity index (χ1v) is 5.97. The Balaban J connectivity index is 2.17. The van der Waals surface area contributed by atoms with Crippen molar-refractivity contribution in [3.63, 3.8) is 0 Å². The zero-order valence-corrected chi connectivity index (χ0v) is 10.3. The number of rotatable bonds is 5. The molecule has 0 spiro atoms. The van der Waals surface area contributed by atoms with Crippen LogP contribution in [0.25, 0.3) is 0 Å². The van der Waals surface area contributed by atoms with E-state index in [1.807, 2.05) is 19.3 Å². The van der Waals surface area contributed by atoms with Gasteiger partial charge in [0.25, 0.3) is 0 Å². The van der Waals surface area contributed by atoms with Crippen LogP contribution in [0.5, 0.6) is 0 Å². The number of aryl methyl sites for hydroxylation is 1. The lowest BCUT2D eigenvalue weighted by molar-refractivity contribution is 0.495. The van der Waals surface area contributed by atoms with Gasteiger partial charge in [0.1, 0.15) is 5.76 Å². The van der Waals surface area contributed by atoms with Crippen LogP contribution in [0.4, 0.5) is 0 Å². The van der Waals surface area contributed by atoms with Gasteiger partial charge in [-0.15, -0.1) is 0 Å². The monoisotopic (exact) mass is 230 g/mol. The van der Waals surface area contributed by atoms with E-state index in [4.69, 9.17) is 4.42 Å². The van der Waals surface area contributed by atoms with E-state index >= 15 is 0 Å². The molecule has 2 heterocycles. The van der Waals surface area contributed by atoms with Crippen molar-refractivity contribution in [2.24, 2.45) is 0 Å². The van der Waals surface area contributed by atoms with Gasteiger partial charge in [-0.3, -0.25) is 4.98 Å². The lowest BCUT2D eigenvalue weighted by atomic mass is 9.99. The molecule has 0 aliphatic rings. The van der Waals surface area contributed by atoms with Crippen LogP contribution in [0, 0.1) is 0 Å². The number of nitrogens with one attached hydrogen (secondary N) is 1. The molecule has 0 amide bonds. The molecule has 1 N–H and O–H groups in total. The van der Waals surface area contributed by atoms with E-state index in [0.29, 0.717) is 0 Å². The molecule has 1 atom stereocenters. The summed E-state index contributed by atoms with van der Waals surface area (Å²) in [5, 5.41) is 3.34. The van der Waals surface area contributed by atoms with Crippen LogP contribution in [0.2, 0.25) is 0 Å². The van der Waals surface area contributed by atoms with Crippen molar-refractivity contribution in [2.45, 2.75) is 25.8 Å². The topological polar surface area (TPSA) is 38.1 Å². The average Bonchev–Trinajstić information content (AvgIpc) is 2.85. The summed E-state index contributed by atoms with van der Waals surface area (Å²) in [4.78, 5) is 4.14. The molecule has 0 radical (unpaired) electrons. The van der Waals surface area contributed by atoms with E-state index in [1.54, 1.807) is 12.5 Å². The van der Waals surface area contributed by atoms with Crippen molar-refractivity contribution in [3.05, 3.63) is 53.7 Å². The van der Waals surface area contributed by atoms with Gasteiger partial charge in [0.2, 0.25) is 0 Å². The summed E-state index contributed by atoms with van der Waals surface area (Å²) >= 11 is 0. The van der Waals surface area contributed by atoms with Gasteiger partial charge in [0.05, 0.1) is 6.26 Å². The lowest BCUT2D eigenvalue weighted by Crippen LogP contribution is -2.19. The summed E-state index contributed by atoms with van der Waals surface area (Å²) in [6.45, 7) is 2.11. The maximum atomic E-state index is 5.48. The van der Waals surface area contributed by atoms with Crippen molar-refractivity contribution >= 4 is 0 Å². The first-order valence-electron chi connectivity index (χ1n) is 5.97. The Labute approximate surface area is 102 Å². The fourth-order valence-corrected chi connectivity index (χ4v) is 2.07. The van der Waals surface area contributed by atoms with Crippen LogP contribution in [0.1, 0.15) is 29.9 Å². The minimum Gasteiger partial charge on any atom is -0.469 e. The molecule has 90 valence electrons. The Kier molecular flexibility index (Phi) is 3.94. The summed E-state index contributed by atoms with van der Waals surface area (Å²) in [5.74, 6) is 1.06. The molecule has 3 nitrogen and oxygen atoms in total. The fraction of sp³-hybridized carbons (Fsp3) is 0.357. The Morgan fingerprint density at radius 2 is 2.29 bits per heavy atom. The highest BCUT2D eigenvalue weighted by atomic mass is 16.3. The molecule has 2 rings (SSSR count). The van der Waals surface area contributed by atoms with Gasteiger partial charge in [-0.1, -0.05) is 13.0 Å². The van der Waals surface area contributed by atoms with Crippen molar-refractivity contribution in [3.8, 4) is 0 Å². The van der Waals surface area contributed by atoms with Gasteiger partial charge < -0.3 is 9.73 Å². The van der Waals surface area contributed by atoms with Crippen LogP contribution in [0.15, 0.2) is 41.3 Å². The van der Waals surface area contributed by atoms with Gasteiger partial charge in [0.15, 0.2) is 0 Å². The average molecular weight is 230 g/mol. The van der Waals surface area contributed by atoms with Gasteiger partial charge in [0, 0.05) is 30.4 Å². The molecule has 0 bridgehead atoms. The van der Waals surface area contributed by atoms with E-state index in [-0.39, 0.29) is 6.04 Å². The Bertz CT molecular complexity index is 450. The largest absolute Gasteiger partial charge is 0.469 e. The SMILES string of the molecule is CCc1occc1C(Cc1cccnc1)NC. The third-order valence-electron chi connectivity index (χ3n) is 2.99. The molecule has 0 fully saturated rings. The number of likely N-dealkylation sites (N-methyl/N-ethyl adjacent to an activating group) is 1. The van der Waals surface area contributed by atoms with Gasteiger partial charge >= 0.3 is 0 Å². The van der Waals surface area contributed by atoms with Crippen LogP contribution >= 0.6 is 0 Å². The van der Waals surface area contributed by atoms with Gasteiger partial charge in [-0.2, -0.15) is 0 Å². The molecule has 2 aromatic heterocycles. The number of aromatic nitrogens is 1. The second-order valence-corrected chi connectivity index (χ2v) is 4.06. The Hall–Kier alpha value is -1.61. The molecule has 3 heteroatoms. The molecule has 0 aliphatic heterocycles. The summed E-state index contributed by atoms with van der Waals surface area (Å²) in [5.41, 5.74) is 2.48. The third kappa shape index (κ3) is 2.74. The van der Waals surface area contributed by atoms with E-state index in [9.17, 15) is 0 Å². The molecule has 17 heavy (non-hydrogen) atoms. The van der Waals surface area contributed by atoms with Crippen molar-refractivity contribution in [2.75, 3.05) is 7.05 Å². The predicted octanol–water partition coefficient (Wildman–Crippen LogP) is 2.74. The highest BCUT2D eigenvalue weighted by Gasteiger charge is 2.15. The number of furan rings is 1. The zero-order valence-electron chi connectivity index (χ0n) is 10.3. The van der Waals surface area contributed by atoms with E-state index in [1.165, 1.54) is 11.1 Å². The quantitative estimate of drug-likeness (QED) is 0.858.